The van der Waals surface area contributed by atoms with Crippen molar-refractivity contribution in [1.29, 1.82) is 0 Å². The number of carbonyl (C=O) groups is 1. The molecule has 0 radical (unpaired) electrons. The molecule has 88 valence electrons. The summed E-state index contributed by atoms with van der Waals surface area (Å²) in [5.74, 6) is -0.0859. The Morgan fingerprint density at radius 1 is 1.44 bits per heavy atom. The second-order valence-electron chi connectivity index (χ2n) is 3.78. The van der Waals surface area contributed by atoms with Crippen LogP contribution in [-0.2, 0) is 11.2 Å². The highest BCUT2D eigenvalue weighted by atomic mass is 16.3. The molecule has 4 N–H and O–H groups in total. The molecule has 1 aromatic rings. The van der Waals surface area contributed by atoms with Crippen molar-refractivity contribution in [2.24, 2.45) is 0 Å². The van der Waals surface area contributed by atoms with Gasteiger partial charge in [-0.2, -0.15) is 0 Å². The molecule has 4 nitrogen and oxygen atoms in total. The normalized spacial score (nSPS) is 12.1. The van der Waals surface area contributed by atoms with Gasteiger partial charge in [0.05, 0.1) is 12.5 Å². The van der Waals surface area contributed by atoms with Crippen LogP contribution in [0.3, 0.4) is 0 Å². The first-order valence-corrected chi connectivity index (χ1v) is 5.41. The number of nitrogen functional groups attached to an aromatic ring is 1. The molecule has 0 aliphatic carbocycles. The quantitative estimate of drug-likeness (QED) is 0.642. The summed E-state index contributed by atoms with van der Waals surface area (Å²) in [7, 11) is 0. The van der Waals surface area contributed by atoms with Crippen LogP contribution in [0.15, 0.2) is 24.3 Å². The minimum absolute atomic E-state index is 0.0859. The number of nitrogens with one attached hydrogen (secondary N) is 1. The SMILES string of the molecule is CCC(O)CNC(=O)Cc1ccc(N)cc1. The molecule has 1 unspecified atom stereocenters. The summed E-state index contributed by atoms with van der Waals surface area (Å²) in [4.78, 5) is 11.5. The predicted molar refractivity (Wildman–Crippen MR) is 63.9 cm³/mol. The number of rotatable bonds is 5. The lowest BCUT2D eigenvalue weighted by Gasteiger charge is -2.09. The molecule has 0 aromatic heterocycles. The Labute approximate surface area is 95.5 Å². The summed E-state index contributed by atoms with van der Waals surface area (Å²) >= 11 is 0. The minimum atomic E-state index is -0.463. The smallest absolute Gasteiger partial charge is 0.224 e. The monoisotopic (exact) mass is 222 g/mol. The Hall–Kier alpha value is -1.55. The van der Waals surface area contributed by atoms with E-state index in [9.17, 15) is 9.90 Å². The third kappa shape index (κ3) is 4.31. The molecule has 0 bridgehead atoms. The van der Waals surface area contributed by atoms with E-state index < -0.39 is 6.10 Å². The average molecular weight is 222 g/mol. The van der Waals surface area contributed by atoms with Crippen molar-refractivity contribution in [2.75, 3.05) is 12.3 Å². The van der Waals surface area contributed by atoms with Crippen molar-refractivity contribution >= 4 is 11.6 Å². The van der Waals surface area contributed by atoms with Crippen LogP contribution in [0.1, 0.15) is 18.9 Å². The van der Waals surface area contributed by atoms with Gasteiger partial charge in [-0.25, -0.2) is 0 Å². The van der Waals surface area contributed by atoms with Crippen molar-refractivity contribution in [1.82, 2.24) is 5.32 Å². The van der Waals surface area contributed by atoms with E-state index in [1.165, 1.54) is 0 Å². The van der Waals surface area contributed by atoms with E-state index in [1.54, 1.807) is 12.1 Å². The maximum Gasteiger partial charge on any atom is 0.224 e. The van der Waals surface area contributed by atoms with Gasteiger partial charge in [0.1, 0.15) is 0 Å². The topological polar surface area (TPSA) is 75.3 Å². The Morgan fingerprint density at radius 2 is 2.06 bits per heavy atom. The third-order valence-electron chi connectivity index (χ3n) is 2.35. The van der Waals surface area contributed by atoms with Gasteiger partial charge in [-0.15, -0.1) is 0 Å². The largest absolute Gasteiger partial charge is 0.399 e. The van der Waals surface area contributed by atoms with E-state index in [2.05, 4.69) is 5.32 Å². The first-order valence-electron chi connectivity index (χ1n) is 5.41. The van der Waals surface area contributed by atoms with Gasteiger partial charge in [-0.05, 0) is 24.1 Å². The van der Waals surface area contributed by atoms with E-state index >= 15 is 0 Å². The average Bonchev–Trinajstić information content (AvgIpc) is 2.29. The fraction of sp³-hybridized carbons (Fsp3) is 0.417. The molecule has 16 heavy (non-hydrogen) atoms. The third-order valence-corrected chi connectivity index (χ3v) is 2.35. The van der Waals surface area contributed by atoms with E-state index in [-0.39, 0.29) is 5.91 Å². The van der Waals surface area contributed by atoms with Crippen LogP contribution in [0.4, 0.5) is 5.69 Å². The molecule has 0 spiro atoms. The Morgan fingerprint density at radius 3 is 2.62 bits per heavy atom. The van der Waals surface area contributed by atoms with Gasteiger partial charge < -0.3 is 16.2 Å². The summed E-state index contributed by atoms with van der Waals surface area (Å²) in [6.07, 6.45) is 0.495. The summed E-state index contributed by atoms with van der Waals surface area (Å²) in [6.45, 7) is 2.18. The fourth-order valence-electron chi connectivity index (χ4n) is 1.26. The van der Waals surface area contributed by atoms with Gasteiger partial charge in [-0.3, -0.25) is 4.79 Å². The standard InChI is InChI=1S/C12H18N2O2/c1-2-11(15)8-14-12(16)7-9-3-5-10(13)6-4-9/h3-6,11,15H,2,7-8,13H2,1H3,(H,14,16). The zero-order valence-electron chi connectivity index (χ0n) is 9.44. The molecule has 1 amide bonds. The second-order valence-corrected chi connectivity index (χ2v) is 3.78. The molecule has 1 aromatic carbocycles. The van der Waals surface area contributed by atoms with Crippen LogP contribution >= 0.6 is 0 Å². The fourth-order valence-corrected chi connectivity index (χ4v) is 1.26. The number of hydrogen-bond acceptors (Lipinski definition) is 3. The number of nitrogens with two attached hydrogens (primary N) is 1. The van der Waals surface area contributed by atoms with E-state index in [0.29, 0.717) is 25.1 Å². The van der Waals surface area contributed by atoms with E-state index in [1.807, 2.05) is 19.1 Å². The molecule has 1 rings (SSSR count). The van der Waals surface area contributed by atoms with E-state index in [0.717, 1.165) is 5.56 Å². The van der Waals surface area contributed by atoms with E-state index in [4.69, 9.17) is 5.73 Å². The first-order chi connectivity index (χ1) is 7.61. The van der Waals surface area contributed by atoms with Crippen molar-refractivity contribution < 1.29 is 9.90 Å². The van der Waals surface area contributed by atoms with Gasteiger partial charge in [0.25, 0.3) is 0 Å². The molecule has 0 saturated carbocycles. The van der Waals surface area contributed by atoms with Crippen LogP contribution in [0.5, 0.6) is 0 Å². The Balaban J connectivity index is 2.37. The highest BCUT2D eigenvalue weighted by Gasteiger charge is 2.05. The second kappa shape index (κ2) is 6.12. The molecular formula is C12H18N2O2. The zero-order valence-corrected chi connectivity index (χ0v) is 9.44. The maximum absolute atomic E-state index is 11.5. The number of aliphatic hydroxyl groups is 1. The number of benzene rings is 1. The van der Waals surface area contributed by atoms with Crippen molar-refractivity contribution in [3.8, 4) is 0 Å². The van der Waals surface area contributed by atoms with Gasteiger partial charge in [0.2, 0.25) is 5.91 Å². The molecule has 0 saturated heterocycles. The number of aliphatic hydroxyl groups excluding tert-OH is 1. The maximum atomic E-state index is 11.5. The van der Waals surface area contributed by atoms with Crippen LogP contribution < -0.4 is 11.1 Å². The highest BCUT2D eigenvalue weighted by Crippen LogP contribution is 2.05. The van der Waals surface area contributed by atoms with Gasteiger partial charge in [-0.1, -0.05) is 19.1 Å². The number of anilines is 1. The van der Waals surface area contributed by atoms with Crippen LogP contribution in [-0.4, -0.2) is 23.7 Å². The van der Waals surface area contributed by atoms with Gasteiger partial charge in [0, 0.05) is 12.2 Å². The van der Waals surface area contributed by atoms with Crippen molar-refractivity contribution in [3.63, 3.8) is 0 Å². The number of carbonyl (C=O) groups excluding carboxylic acids is 1. The molecule has 4 heteroatoms. The zero-order chi connectivity index (χ0) is 12.0. The van der Waals surface area contributed by atoms with Crippen LogP contribution in [0, 0.1) is 0 Å². The molecule has 0 heterocycles. The number of amides is 1. The van der Waals surface area contributed by atoms with Gasteiger partial charge >= 0.3 is 0 Å². The Bertz CT molecular complexity index is 335. The van der Waals surface area contributed by atoms with Gasteiger partial charge in [0.15, 0.2) is 0 Å². The highest BCUT2D eigenvalue weighted by molar-refractivity contribution is 5.78. The molecule has 0 fully saturated rings. The summed E-state index contributed by atoms with van der Waals surface area (Å²) in [6, 6.07) is 7.18. The summed E-state index contributed by atoms with van der Waals surface area (Å²) in [5, 5.41) is 12.0. The molecule has 0 aliphatic rings. The van der Waals surface area contributed by atoms with Crippen molar-refractivity contribution in [3.05, 3.63) is 29.8 Å². The lowest BCUT2D eigenvalue weighted by Crippen LogP contribution is -2.32. The molecule has 0 aliphatic heterocycles. The predicted octanol–water partition coefficient (Wildman–Crippen LogP) is 0.698. The van der Waals surface area contributed by atoms with Crippen molar-refractivity contribution in [2.45, 2.75) is 25.9 Å². The number of hydrogen-bond donors (Lipinski definition) is 3. The molecule has 1 atom stereocenters. The molecular weight excluding hydrogens is 204 g/mol. The van der Waals surface area contributed by atoms with Crippen LogP contribution in [0.2, 0.25) is 0 Å². The first kappa shape index (κ1) is 12.5. The lowest BCUT2D eigenvalue weighted by molar-refractivity contribution is -0.120. The summed E-state index contributed by atoms with van der Waals surface area (Å²) < 4.78 is 0. The lowest BCUT2D eigenvalue weighted by atomic mass is 10.1. The van der Waals surface area contributed by atoms with Crippen LogP contribution in [0.25, 0.3) is 0 Å². The Kier molecular flexibility index (Phi) is 4.79. The summed E-state index contributed by atoms with van der Waals surface area (Å²) in [5.41, 5.74) is 7.14. The minimum Gasteiger partial charge on any atom is -0.399 e.